The van der Waals surface area contributed by atoms with E-state index in [0.29, 0.717) is 0 Å². The van der Waals surface area contributed by atoms with Gasteiger partial charge >= 0.3 is 5.97 Å². The Morgan fingerprint density at radius 1 is 0.906 bits per heavy atom. The highest BCUT2D eigenvalue weighted by Gasteiger charge is 2.45. The standard InChI is InChI=1S/C27H54O3SSi/c1-8-10-12-13-14-15-16-17-18-20-23(30-32(6,7)27(3,4)5)22-24-25(26(28)29-24)31-21-19-11-9-2/h23-25H,8-22H2,1-7H3/t23-,24?,25?/m1/s1. The zero-order valence-electron chi connectivity index (χ0n) is 22.5. The van der Waals surface area contributed by atoms with Gasteiger partial charge in [-0.3, -0.25) is 4.79 Å². The summed E-state index contributed by atoms with van der Waals surface area (Å²) in [7, 11) is -1.84. The summed E-state index contributed by atoms with van der Waals surface area (Å²) in [5, 5.41) is 0.231. The van der Waals surface area contributed by atoms with Crippen molar-refractivity contribution in [3.63, 3.8) is 0 Å². The molecule has 1 fully saturated rings. The largest absolute Gasteiger partial charge is 0.460 e. The minimum absolute atomic E-state index is 0.00866. The van der Waals surface area contributed by atoms with Crippen molar-refractivity contribution in [1.29, 1.82) is 0 Å². The minimum atomic E-state index is -1.84. The Hall–Kier alpha value is -0.00312. The van der Waals surface area contributed by atoms with Crippen LogP contribution in [0.5, 0.6) is 0 Å². The van der Waals surface area contributed by atoms with Gasteiger partial charge in [-0.15, -0.1) is 11.8 Å². The molecule has 3 nitrogen and oxygen atoms in total. The Bertz CT molecular complexity index is 504. The van der Waals surface area contributed by atoms with Crippen LogP contribution in [0, 0.1) is 0 Å². The van der Waals surface area contributed by atoms with Gasteiger partial charge in [-0.25, -0.2) is 0 Å². The van der Waals surface area contributed by atoms with Crippen LogP contribution in [0.15, 0.2) is 0 Å². The van der Waals surface area contributed by atoms with Gasteiger partial charge in [0.2, 0.25) is 0 Å². The summed E-state index contributed by atoms with van der Waals surface area (Å²) >= 11 is 1.81. The highest BCUT2D eigenvalue weighted by molar-refractivity contribution is 8.00. The van der Waals surface area contributed by atoms with Crippen LogP contribution in [0.3, 0.4) is 0 Å². The lowest BCUT2D eigenvalue weighted by Gasteiger charge is -2.42. The fourth-order valence-electron chi connectivity index (χ4n) is 4.03. The number of rotatable bonds is 19. The van der Waals surface area contributed by atoms with Crippen molar-refractivity contribution < 1.29 is 14.0 Å². The molecular formula is C27H54O3SSi. The molecule has 0 N–H and O–H groups in total. The van der Waals surface area contributed by atoms with Gasteiger partial charge in [0, 0.05) is 12.5 Å². The number of carbonyl (C=O) groups excluding carboxylic acids is 1. The summed E-state index contributed by atoms with van der Waals surface area (Å²) in [5.41, 5.74) is 0. The molecule has 1 aliphatic rings. The Morgan fingerprint density at radius 2 is 1.44 bits per heavy atom. The second kappa shape index (κ2) is 15.8. The SMILES string of the molecule is CCCCCCCCCCC[C@H](CC1OC(=O)C1SCCCCC)O[Si](C)(C)C(C)(C)C. The first-order chi connectivity index (χ1) is 15.1. The lowest BCUT2D eigenvalue weighted by Crippen LogP contribution is -2.51. The van der Waals surface area contributed by atoms with Gasteiger partial charge in [-0.1, -0.05) is 105 Å². The van der Waals surface area contributed by atoms with E-state index in [1.54, 1.807) is 0 Å². The molecule has 1 rings (SSSR count). The van der Waals surface area contributed by atoms with Crippen molar-refractivity contribution in [2.24, 2.45) is 0 Å². The van der Waals surface area contributed by atoms with E-state index < -0.39 is 8.32 Å². The number of hydrogen-bond acceptors (Lipinski definition) is 4. The first-order valence-electron chi connectivity index (χ1n) is 13.6. The van der Waals surface area contributed by atoms with E-state index in [9.17, 15) is 4.79 Å². The van der Waals surface area contributed by atoms with Crippen molar-refractivity contribution in [3.05, 3.63) is 0 Å². The van der Waals surface area contributed by atoms with E-state index in [1.165, 1.54) is 77.0 Å². The van der Waals surface area contributed by atoms with E-state index in [2.05, 4.69) is 47.7 Å². The van der Waals surface area contributed by atoms with Crippen LogP contribution in [-0.4, -0.2) is 37.5 Å². The molecule has 0 radical (unpaired) electrons. The van der Waals surface area contributed by atoms with Gasteiger partial charge in [0.25, 0.3) is 0 Å². The molecule has 0 aromatic rings. The zero-order chi connectivity index (χ0) is 24.0. The van der Waals surface area contributed by atoms with E-state index in [4.69, 9.17) is 9.16 Å². The molecule has 0 aromatic carbocycles. The Labute approximate surface area is 205 Å². The fraction of sp³-hybridized carbons (Fsp3) is 0.963. The molecular weight excluding hydrogens is 432 g/mol. The quantitative estimate of drug-likeness (QED) is 0.104. The number of carbonyl (C=O) groups is 1. The Morgan fingerprint density at radius 3 is 1.97 bits per heavy atom. The monoisotopic (exact) mass is 486 g/mol. The summed E-state index contributed by atoms with van der Waals surface area (Å²) in [6.07, 6.45) is 18.0. The lowest BCUT2D eigenvalue weighted by molar-refractivity contribution is -0.169. The van der Waals surface area contributed by atoms with Crippen molar-refractivity contribution in [2.45, 2.75) is 160 Å². The van der Waals surface area contributed by atoms with E-state index in [-0.39, 0.29) is 28.5 Å². The molecule has 190 valence electrons. The molecule has 0 amide bonds. The molecule has 2 unspecified atom stereocenters. The highest BCUT2D eigenvalue weighted by Crippen LogP contribution is 2.40. The van der Waals surface area contributed by atoms with Gasteiger partial charge in [-0.05, 0) is 36.7 Å². The molecule has 5 heteroatoms. The average molecular weight is 487 g/mol. The number of unbranched alkanes of at least 4 members (excludes halogenated alkanes) is 10. The summed E-state index contributed by atoms with van der Waals surface area (Å²) < 4.78 is 12.5. The van der Waals surface area contributed by atoms with Gasteiger partial charge in [0.15, 0.2) is 8.32 Å². The third-order valence-electron chi connectivity index (χ3n) is 7.28. The smallest absolute Gasteiger partial charge is 0.323 e. The average Bonchev–Trinajstić information content (AvgIpc) is 2.70. The topological polar surface area (TPSA) is 35.5 Å². The normalized spacial score (nSPS) is 20.2. The molecule has 0 aliphatic carbocycles. The number of esters is 1. The molecule has 0 bridgehead atoms. The molecule has 1 aliphatic heterocycles. The van der Waals surface area contributed by atoms with Crippen molar-refractivity contribution in [1.82, 2.24) is 0 Å². The Kier molecular flexibility index (Phi) is 14.8. The molecule has 1 saturated heterocycles. The number of hydrogen-bond donors (Lipinski definition) is 0. The van der Waals surface area contributed by atoms with Crippen LogP contribution in [0.2, 0.25) is 18.1 Å². The molecule has 0 spiro atoms. The fourth-order valence-corrected chi connectivity index (χ4v) is 6.63. The summed E-state index contributed by atoms with van der Waals surface area (Å²) in [4.78, 5) is 12.1. The summed E-state index contributed by atoms with van der Waals surface area (Å²) in [6, 6.07) is 0. The maximum absolute atomic E-state index is 12.1. The summed E-state index contributed by atoms with van der Waals surface area (Å²) in [5.74, 6) is 1.06. The maximum atomic E-state index is 12.1. The van der Waals surface area contributed by atoms with Crippen LogP contribution in [-0.2, 0) is 14.0 Å². The highest BCUT2D eigenvalue weighted by atomic mass is 32.2. The first-order valence-corrected chi connectivity index (χ1v) is 17.6. The predicted molar refractivity (Wildman–Crippen MR) is 144 cm³/mol. The second-order valence-corrected chi connectivity index (χ2v) is 17.3. The first kappa shape index (κ1) is 30.0. The van der Waals surface area contributed by atoms with Gasteiger partial charge < -0.3 is 9.16 Å². The molecule has 0 saturated carbocycles. The van der Waals surface area contributed by atoms with Gasteiger partial charge in [0.1, 0.15) is 11.4 Å². The number of cyclic esters (lactones) is 1. The van der Waals surface area contributed by atoms with Crippen molar-refractivity contribution in [2.75, 3.05) is 5.75 Å². The lowest BCUT2D eigenvalue weighted by atomic mass is 9.99. The number of thioether (sulfide) groups is 1. The van der Waals surface area contributed by atoms with Crippen molar-refractivity contribution >= 4 is 26.0 Å². The van der Waals surface area contributed by atoms with Crippen LogP contribution in [0.1, 0.15) is 125 Å². The minimum Gasteiger partial charge on any atom is -0.460 e. The zero-order valence-corrected chi connectivity index (χ0v) is 24.3. The van der Waals surface area contributed by atoms with Gasteiger partial charge in [0.05, 0.1) is 0 Å². The molecule has 32 heavy (non-hydrogen) atoms. The third-order valence-corrected chi connectivity index (χ3v) is 13.2. The third kappa shape index (κ3) is 11.4. The number of ether oxygens (including phenoxy) is 1. The summed E-state index contributed by atoms with van der Waals surface area (Å²) in [6.45, 7) is 16.1. The van der Waals surface area contributed by atoms with E-state index in [0.717, 1.165) is 18.6 Å². The molecule has 3 atom stereocenters. The predicted octanol–water partition coefficient (Wildman–Crippen LogP) is 8.91. The van der Waals surface area contributed by atoms with Crippen molar-refractivity contribution in [3.8, 4) is 0 Å². The Balaban J connectivity index is 2.50. The van der Waals surface area contributed by atoms with Crippen LogP contribution in [0.4, 0.5) is 0 Å². The molecule has 1 heterocycles. The molecule has 0 aromatic heterocycles. The van der Waals surface area contributed by atoms with Crippen LogP contribution in [0.25, 0.3) is 0 Å². The van der Waals surface area contributed by atoms with Crippen LogP contribution < -0.4 is 0 Å². The van der Waals surface area contributed by atoms with Crippen LogP contribution >= 0.6 is 11.8 Å². The maximum Gasteiger partial charge on any atom is 0.323 e. The van der Waals surface area contributed by atoms with Gasteiger partial charge in [-0.2, -0.15) is 0 Å². The van der Waals surface area contributed by atoms with E-state index in [1.807, 2.05) is 11.8 Å². The van der Waals surface area contributed by atoms with E-state index >= 15 is 0 Å². The second-order valence-electron chi connectivity index (χ2n) is 11.3.